The van der Waals surface area contributed by atoms with Crippen LogP contribution in [0.15, 0.2) is 53.6 Å². The van der Waals surface area contributed by atoms with Crippen LogP contribution < -0.4 is 0 Å². The van der Waals surface area contributed by atoms with E-state index in [9.17, 15) is 26.7 Å². The van der Waals surface area contributed by atoms with E-state index in [1.807, 2.05) is 20.8 Å². The summed E-state index contributed by atoms with van der Waals surface area (Å²) in [5, 5.41) is 9.24. The zero-order chi connectivity index (χ0) is 26.1. The number of nitrogens with zero attached hydrogens (tertiary/aromatic N) is 2. The number of benzene rings is 2. The van der Waals surface area contributed by atoms with Crippen LogP contribution in [0.2, 0.25) is 5.02 Å². The third-order valence-corrected chi connectivity index (χ3v) is 8.70. The molecule has 0 aliphatic carbocycles. The van der Waals surface area contributed by atoms with E-state index < -0.39 is 21.8 Å². The number of aliphatic hydroxyl groups is 1. The molecule has 1 aliphatic rings. The molecule has 2 aromatic carbocycles. The summed E-state index contributed by atoms with van der Waals surface area (Å²) < 4.78 is 67.3. The van der Waals surface area contributed by atoms with Crippen molar-refractivity contribution in [2.45, 2.75) is 56.8 Å². The van der Waals surface area contributed by atoms with Gasteiger partial charge in [0, 0.05) is 38.1 Å². The number of aryl methyl sites for hydroxylation is 1. The fraction of sp³-hybridized carbons (Fsp3) is 0.440. The van der Waals surface area contributed by atoms with Crippen molar-refractivity contribution in [2.75, 3.05) is 19.6 Å². The molecule has 0 radical (unpaired) electrons. The summed E-state index contributed by atoms with van der Waals surface area (Å²) in [5.41, 5.74) is 1.41. The SMILES string of the molecule is C=C(O)Cc1cc(S(=O)(=O)N2[C@H](C)CN(CCc3ccc(C(F)(F)F)c(Cl)c3)C[C@@H]2C)ccc1C. The molecule has 0 spiro atoms. The molecule has 2 atom stereocenters. The van der Waals surface area contributed by atoms with Crippen molar-refractivity contribution in [3.05, 3.63) is 76.0 Å². The van der Waals surface area contributed by atoms with E-state index in [1.165, 1.54) is 16.4 Å². The standard InChI is InChI=1S/C25H30ClF3N2O3S/c1-16-5-7-22(13-21(16)11-19(4)32)35(33,34)31-17(2)14-30(15-18(31)3)10-9-20-6-8-23(24(26)12-20)25(27,28)29/h5-8,12-13,17-18,32H,4,9-11,14-15H2,1-3H3/t17-,18+. The molecule has 1 heterocycles. The van der Waals surface area contributed by atoms with Crippen LogP contribution in [0.1, 0.15) is 36.1 Å². The maximum absolute atomic E-state index is 13.5. The first-order valence-corrected chi connectivity index (χ1v) is 13.1. The molecule has 0 amide bonds. The molecule has 3 rings (SSSR count). The summed E-state index contributed by atoms with van der Waals surface area (Å²) >= 11 is 5.83. The molecule has 1 fully saturated rings. The zero-order valence-corrected chi connectivity index (χ0v) is 21.5. The van der Waals surface area contributed by atoms with Crippen LogP contribution in [0.5, 0.6) is 0 Å². The van der Waals surface area contributed by atoms with Gasteiger partial charge in [-0.15, -0.1) is 0 Å². The van der Waals surface area contributed by atoms with E-state index in [2.05, 4.69) is 11.5 Å². The van der Waals surface area contributed by atoms with E-state index in [4.69, 9.17) is 11.6 Å². The minimum absolute atomic E-state index is 0.0349. The molecule has 1 aliphatic heterocycles. The van der Waals surface area contributed by atoms with Gasteiger partial charge in [-0.1, -0.05) is 30.3 Å². The van der Waals surface area contributed by atoms with Gasteiger partial charge in [-0.3, -0.25) is 4.90 Å². The normalized spacial score (nSPS) is 20.2. The first-order chi connectivity index (χ1) is 16.2. The van der Waals surface area contributed by atoms with Crippen LogP contribution >= 0.6 is 11.6 Å². The number of allylic oxidation sites excluding steroid dienone is 1. The number of halogens is 4. The number of alkyl halides is 3. The van der Waals surface area contributed by atoms with Gasteiger partial charge in [0.1, 0.15) is 0 Å². The molecule has 2 aromatic rings. The Labute approximate surface area is 209 Å². The predicted molar refractivity (Wildman–Crippen MR) is 131 cm³/mol. The predicted octanol–water partition coefficient (Wildman–Crippen LogP) is 5.61. The van der Waals surface area contributed by atoms with Gasteiger partial charge in [0.05, 0.1) is 21.2 Å². The minimum Gasteiger partial charge on any atom is -0.513 e. The Balaban J connectivity index is 1.71. The largest absolute Gasteiger partial charge is 0.513 e. The van der Waals surface area contributed by atoms with Gasteiger partial charge in [0.2, 0.25) is 10.0 Å². The number of hydrogen-bond donors (Lipinski definition) is 1. The van der Waals surface area contributed by atoms with E-state index in [0.717, 1.165) is 11.6 Å². The summed E-state index contributed by atoms with van der Waals surface area (Å²) in [6, 6.07) is 8.05. The molecule has 10 heteroatoms. The Morgan fingerprint density at radius 1 is 1.14 bits per heavy atom. The highest BCUT2D eigenvalue weighted by molar-refractivity contribution is 7.89. The van der Waals surface area contributed by atoms with E-state index in [0.29, 0.717) is 37.2 Å². The molecule has 35 heavy (non-hydrogen) atoms. The van der Waals surface area contributed by atoms with Gasteiger partial charge in [-0.2, -0.15) is 17.5 Å². The Hall–Kier alpha value is -2.07. The maximum atomic E-state index is 13.5. The lowest BCUT2D eigenvalue weighted by molar-refractivity contribution is -0.137. The zero-order valence-electron chi connectivity index (χ0n) is 19.9. The van der Waals surface area contributed by atoms with Gasteiger partial charge in [-0.05, 0) is 68.1 Å². The van der Waals surface area contributed by atoms with E-state index >= 15 is 0 Å². The lowest BCUT2D eigenvalue weighted by Gasteiger charge is -2.43. The molecule has 1 N–H and O–H groups in total. The van der Waals surface area contributed by atoms with Crippen LogP contribution in [0.25, 0.3) is 0 Å². The lowest BCUT2D eigenvalue weighted by Crippen LogP contribution is -2.58. The third-order valence-electron chi connectivity index (χ3n) is 6.26. The van der Waals surface area contributed by atoms with Crippen LogP contribution in [0.4, 0.5) is 13.2 Å². The smallest absolute Gasteiger partial charge is 0.417 e. The first kappa shape index (κ1) is 27.5. The van der Waals surface area contributed by atoms with Crippen LogP contribution in [0, 0.1) is 6.92 Å². The van der Waals surface area contributed by atoms with Crippen LogP contribution in [0.3, 0.4) is 0 Å². The molecular weight excluding hydrogens is 501 g/mol. The summed E-state index contributed by atoms with van der Waals surface area (Å²) in [4.78, 5) is 2.29. The second-order valence-corrected chi connectivity index (χ2v) is 11.4. The molecule has 0 bridgehead atoms. The molecule has 192 valence electrons. The Morgan fingerprint density at radius 2 is 1.77 bits per heavy atom. The summed E-state index contributed by atoms with van der Waals surface area (Å²) in [6.07, 6.45) is -3.81. The van der Waals surface area contributed by atoms with Gasteiger partial charge in [0.15, 0.2) is 0 Å². The van der Waals surface area contributed by atoms with Crippen molar-refractivity contribution in [1.29, 1.82) is 0 Å². The quantitative estimate of drug-likeness (QED) is 0.473. The van der Waals surface area contributed by atoms with Crippen molar-refractivity contribution in [1.82, 2.24) is 9.21 Å². The second-order valence-electron chi connectivity index (χ2n) is 9.19. The average Bonchev–Trinajstić information content (AvgIpc) is 2.72. The maximum Gasteiger partial charge on any atom is 0.417 e. The molecule has 0 unspecified atom stereocenters. The topological polar surface area (TPSA) is 60.9 Å². The highest BCUT2D eigenvalue weighted by Gasteiger charge is 2.38. The van der Waals surface area contributed by atoms with E-state index in [-0.39, 0.29) is 34.2 Å². The van der Waals surface area contributed by atoms with Crippen molar-refractivity contribution < 1.29 is 26.7 Å². The van der Waals surface area contributed by atoms with E-state index in [1.54, 1.807) is 18.2 Å². The van der Waals surface area contributed by atoms with Gasteiger partial charge in [-0.25, -0.2) is 8.42 Å². The van der Waals surface area contributed by atoms with Crippen molar-refractivity contribution in [2.24, 2.45) is 0 Å². The van der Waals surface area contributed by atoms with Crippen molar-refractivity contribution in [3.8, 4) is 0 Å². The first-order valence-electron chi connectivity index (χ1n) is 11.3. The number of hydrogen-bond acceptors (Lipinski definition) is 4. The number of aliphatic hydroxyl groups excluding tert-OH is 1. The molecule has 5 nitrogen and oxygen atoms in total. The molecule has 0 aromatic heterocycles. The number of rotatable bonds is 7. The molecule has 0 saturated carbocycles. The van der Waals surface area contributed by atoms with Crippen molar-refractivity contribution in [3.63, 3.8) is 0 Å². The van der Waals surface area contributed by atoms with Crippen LogP contribution in [-0.4, -0.2) is 54.4 Å². The summed E-state index contributed by atoms with van der Waals surface area (Å²) in [6.45, 7) is 10.6. The summed E-state index contributed by atoms with van der Waals surface area (Å²) in [7, 11) is -3.78. The fourth-order valence-corrected chi connectivity index (χ4v) is 6.81. The van der Waals surface area contributed by atoms with Gasteiger partial charge in [0.25, 0.3) is 0 Å². The minimum atomic E-state index is -4.49. The third kappa shape index (κ3) is 6.39. The Kier molecular flexibility index (Phi) is 8.26. The molecular formula is C25H30ClF3N2O3S. The van der Waals surface area contributed by atoms with Crippen molar-refractivity contribution >= 4 is 21.6 Å². The average molecular weight is 531 g/mol. The number of sulfonamides is 1. The Morgan fingerprint density at radius 3 is 2.31 bits per heavy atom. The monoisotopic (exact) mass is 530 g/mol. The Bertz CT molecular complexity index is 1190. The number of piperazine rings is 1. The second kappa shape index (κ2) is 10.5. The summed E-state index contributed by atoms with van der Waals surface area (Å²) in [5.74, 6) is -0.0349. The van der Waals surface area contributed by atoms with Crippen LogP contribution in [-0.2, 0) is 29.0 Å². The van der Waals surface area contributed by atoms with Gasteiger partial charge < -0.3 is 5.11 Å². The van der Waals surface area contributed by atoms with Gasteiger partial charge >= 0.3 is 6.18 Å². The fourth-order valence-electron chi connectivity index (χ4n) is 4.65. The molecule has 1 saturated heterocycles. The highest BCUT2D eigenvalue weighted by Crippen LogP contribution is 2.35. The highest BCUT2D eigenvalue weighted by atomic mass is 35.5. The lowest BCUT2D eigenvalue weighted by atomic mass is 10.1.